The molecule has 3 aromatic carbocycles. The molecule has 2 N–H and O–H groups in total. The topological polar surface area (TPSA) is 81.2 Å². The average Bonchev–Trinajstić information content (AvgIpc) is 2.90. The third kappa shape index (κ3) is 5.95. The Morgan fingerprint density at radius 1 is 1.08 bits per heavy atom. The Morgan fingerprint density at radius 2 is 1.76 bits per heavy atom. The number of halogens is 2. The predicted molar refractivity (Wildman–Crippen MR) is 150 cm³/mol. The maximum Gasteiger partial charge on any atom is 0.261 e. The van der Waals surface area contributed by atoms with Gasteiger partial charge >= 0.3 is 0 Å². The van der Waals surface area contributed by atoms with Crippen LogP contribution in [0.1, 0.15) is 47.2 Å². The fourth-order valence-electron chi connectivity index (χ4n) is 4.63. The molecule has 8 heteroatoms. The van der Waals surface area contributed by atoms with E-state index >= 15 is 0 Å². The highest BCUT2D eigenvalue weighted by Gasteiger charge is 2.34. The molecule has 0 bridgehead atoms. The molecule has 0 fully saturated rings. The molecule has 0 unspecified atom stereocenters. The van der Waals surface area contributed by atoms with E-state index in [4.69, 9.17) is 22.3 Å². The van der Waals surface area contributed by atoms with E-state index in [0.717, 1.165) is 11.1 Å². The quantitative estimate of drug-likeness (QED) is 0.305. The monoisotopic (exact) mass is 534 g/mol. The molecule has 0 radical (unpaired) electrons. The van der Waals surface area contributed by atoms with Crippen LogP contribution in [0.25, 0.3) is 10.9 Å². The number of benzene rings is 3. The molecule has 6 nitrogen and oxygen atoms in total. The number of aryl methyl sites for hydroxylation is 1. The lowest BCUT2D eigenvalue weighted by Gasteiger charge is -2.36. The number of carbonyl (C=O) groups excluding carboxylic acids is 1. The molecule has 1 heterocycles. The molecule has 198 valence electrons. The minimum atomic E-state index is -1.45. The van der Waals surface area contributed by atoms with Gasteiger partial charge in [0.2, 0.25) is 0 Å². The van der Waals surface area contributed by atoms with E-state index in [2.05, 4.69) is 0 Å². The van der Waals surface area contributed by atoms with Crippen molar-refractivity contribution in [1.82, 2.24) is 14.5 Å². The van der Waals surface area contributed by atoms with Crippen molar-refractivity contribution in [3.63, 3.8) is 0 Å². The number of fused-ring (bicyclic) bond motifs is 1. The van der Waals surface area contributed by atoms with Crippen molar-refractivity contribution in [2.45, 2.75) is 39.5 Å². The molecule has 1 aromatic heterocycles. The smallest absolute Gasteiger partial charge is 0.261 e. The second-order valence-corrected chi connectivity index (χ2v) is 10.3. The fourth-order valence-corrected chi connectivity index (χ4v) is 4.79. The van der Waals surface area contributed by atoms with Crippen LogP contribution in [-0.4, -0.2) is 39.6 Å². The number of amides is 1. The molecule has 0 spiro atoms. The van der Waals surface area contributed by atoms with Crippen molar-refractivity contribution in [2.24, 2.45) is 11.7 Å². The normalized spacial score (nSPS) is 13.0. The molecule has 1 amide bonds. The van der Waals surface area contributed by atoms with Crippen LogP contribution in [-0.2, 0) is 6.54 Å². The zero-order valence-corrected chi connectivity index (χ0v) is 22.5. The van der Waals surface area contributed by atoms with Gasteiger partial charge < -0.3 is 10.6 Å². The van der Waals surface area contributed by atoms with E-state index in [1.807, 2.05) is 63.2 Å². The van der Waals surface area contributed by atoms with Crippen molar-refractivity contribution >= 4 is 28.4 Å². The van der Waals surface area contributed by atoms with E-state index in [1.54, 1.807) is 34.9 Å². The SMILES string of the molecule is Cc1ccc(C(=O)N(C[C@@H](F)CN)[C@H](c2nc3cc(Cl)ccc3c(=O)n2Cc2ccccc2)C(C)C)cc1. The Kier molecular flexibility index (Phi) is 8.59. The lowest BCUT2D eigenvalue weighted by Crippen LogP contribution is -2.45. The van der Waals surface area contributed by atoms with E-state index in [0.29, 0.717) is 27.3 Å². The minimum absolute atomic E-state index is 0.208. The fraction of sp³-hybridized carbons (Fsp3) is 0.300. The summed E-state index contributed by atoms with van der Waals surface area (Å²) in [4.78, 5) is 34.1. The third-order valence-corrected chi connectivity index (χ3v) is 6.81. The van der Waals surface area contributed by atoms with Crippen LogP contribution in [0.4, 0.5) is 4.39 Å². The second kappa shape index (κ2) is 11.9. The first kappa shape index (κ1) is 27.5. The molecule has 0 aliphatic carbocycles. The number of hydrogen-bond acceptors (Lipinski definition) is 4. The first-order chi connectivity index (χ1) is 18.2. The Hall–Kier alpha value is -3.55. The van der Waals surface area contributed by atoms with Crippen molar-refractivity contribution in [3.05, 3.63) is 111 Å². The van der Waals surface area contributed by atoms with Crippen LogP contribution >= 0.6 is 11.6 Å². The summed E-state index contributed by atoms with van der Waals surface area (Å²) in [6.45, 7) is 5.56. The summed E-state index contributed by atoms with van der Waals surface area (Å²) in [6.07, 6.45) is -1.45. The third-order valence-electron chi connectivity index (χ3n) is 6.57. The van der Waals surface area contributed by atoms with Gasteiger partial charge in [0, 0.05) is 17.1 Å². The highest BCUT2D eigenvalue weighted by atomic mass is 35.5. The van der Waals surface area contributed by atoms with Crippen LogP contribution in [0, 0.1) is 12.8 Å². The van der Waals surface area contributed by atoms with Gasteiger partial charge in [0.25, 0.3) is 11.5 Å². The zero-order valence-electron chi connectivity index (χ0n) is 21.8. The Balaban J connectivity index is 1.95. The maximum atomic E-state index is 14.9. The van der Waals surface area contributed by atoms with Crippen molar-refractivity contribution in [1.29, 1.82) is 0 Å². The summed E-state index contributed by atoms with van der Waals surface area (Å²) in [6, 6.07) is 20.9. The number of hydrogen-bond donors (Lipinski definition) is 1. The average molecular weight is 535 g/mol. The van der Waals surface area contributed by atoms with Crippen LogP contribution in [0.3, 0.4) is 0 Å². The zero-order chi connectivity index (χ0) is 27.4. The predicted octanol–water partition coefficient (Wildman–Crippen LogP) is 5.54. The van der Waals surface area contributed by atoms with Crippen LogP contribution < -0.4 is 11.3 Å². The maximum absolute atomic E-state index is 14.9. The number of alkyl halides is 1. The summed E-state index contributed by atoms with van der Waals surface area (Å²) >= 11 is 6.25. The van der Waals surface area contributed by atoms with Crippen molar-refractivity contribution in [2.75, 3.05) is 13.1 Å². The van der Waals surface area contributed by atoms with Gasteiger partial charge in [0.1, 0.15) is 12.0 Å². The molecule has 4 aromatic rings. The Morgan fingerprint density at radius 3 is 2.39 bits per heavy atom. The first-order valence-corrected chi connectivity index (χ1v) is 13.0. The second-order valence-electron chi connectivity index (χ2n) is 9.85. The van der Waals surface area contributed by atoms with Crippen molar-refractivity contribution in [3.8, 4) is 0 Å². The number of carbonyl (C=O) groups is 1. The first-order valence-electron chi connectivity index (χ1n) is 12.6. The molecule has 2 atom stereocenters. The van der Waals surface area contributed by atoms with Crippen molar-refractivity contribution < 1.29 is 9.18 Å². The summed E-state index contributed by atoms with van der Waals surface area (Å²) in [5, 5.41) is 0.857. The van der Waals surface area contributed by atoms with E-state index in [9.17, 15) is 14.0 Å². The molecule has 0 saturated heterocycles. The summed E-state index contributed by atoms with van der Waals surface area (Å²) in [5.41, 5.74) is 8.13. The number of aromatic nitrogens is 2. The van der Waals surface area contributed by atoms with E-state index < -0.39 is 12.2 Å². The number of nitrogens with two attached hydrogens (primary N) is 1. The summed E-state index contributed by atoms with van der Waals surface area (Å²) in [7, 11) is 0. The molecule has 4 rings (SSSR count). The van der Waals surface area contributed by atoms with E-state index in [-0.39, 0.29) is 37.0 Å². The van der Waals surface area contributed by atoms with Gasteiger partial charge in [-0.25, -0.2) is 9.37 Å². The summed E-state index contributed by atoms with van der Waals surface area (Å²) < 4.78 is 16.5. The molecular formula is C30H32ClFN4O2. The number of rotatable bonds is 9. The Bertz CT molecular complexity index is 1470. The van der Waals surface area contributed by atoms with Gasteiger partial charge in [-0.1, -0.05) is 73.5 Å². The lowest BCUT2D eigenvalue weighted by atomic mass is 9.98. The molecule has 0 aliphatic rings. The van der Waals surface area contributed by atoms with Crippen LogP contribution in [0.5, 0.6) is 0 Å². The van der Waals surface area contributed by atoms with Gasteiger partial charge in [-0.2, -0.15) is 0 Å². The standard InChI is InChI=1S/C30H32ClFN4O2/c1-19(2)27(35(18-24(32)16-33)29(37)22-11-9-20(3)10-12-22)28-34-26-15-23(31)13-14-25(26)30(38)36(28)17-21-7-5-4-6-8-21/h4-15,19,24,27H,16-18,33H2,1-3H3/t24-,27-/m0/s1. The molecular weight excluding hydrogens is 503 g/mol. The molecule has 38 heavy (non-hydrogen) atoms. The minimum Gasteiger partial charge on any atom is -0.328 e. The van der Waals surface area contributed by atoms with Gasteiger partial charge in [0.15, 0.2) is 0 Å². The van der Waals surface area contributed by atoms with E-state index in [1.165, 1.54) is 4.90 Å². The van der Waals surface area contributed by atoms with Gasteiger partial charge in [-0.15, -0.1) is 0 Å². The van der Waals surface area contributed by atoms with Gasteiger partial charge in [-0.3, -0.25) is 14.2 Å². The van der Waals surface area contributed by atoms with Crippen LogP contribution in [0.2, 0.25) is 5.02 Å². The lowest BCUT2D eigenvalue weighted by molar-refractivity contribution is 0.0534. The summed E-state index contributed by atoms with van der Waals surface area (Å²) in [5.74, 6) is -0.195. The van der Waals surface area contributed by atoms with Crippen LogP contribution in [0.15, 0.2) is 77.6 Å². The molecule has 0 saturated carbocycles. The highest BCUT2D eigenvalue weighted by molar-refractivity contribution is 6.31. The number of nitrogens with zero attached hydrogens (tertiary/aromatic N) is 3. The van der Waals surface area contributed by atoms with Gasteiger partial charge in [0.05, 0.1) is 30.0 Å². The Labute approximate surface area is 226 Å². The highest BCUT2D eigenvalue weighted by Crippen LogP contribution is 2.31. The molecule has 0 aliphatic heterocycles. The largest absolute Gasteiger partial charge is 0.328 e. The van der Waals surface area contributed by atoms with Gasteiger partial charge in [-0.05, 0) is 48.7 Å².